The standard InChI is InChI=1S/C21H24N2O4/c1-13-9-10-14(2)17(11-13)20(25)15(3)27-19(24)12-18(23-21(22)26)16-7-5-4-6-8-16/h4-11,15,18H,12H2,1-3H3,(H3,22,23,26). The normalized spacial score (nSPS) is 12.7. The van der Waals surface area contributed by atoms with Gasteiger partial charge in [0.2, 0.25) is 5.78 Å². The Morgan fingerprint density at radius 2 is 1.74 bits per heavy atom. The molecule has 0 heterocycles. The van der Waals surface area contributed by atoms with Crippen molar-refractivity contribution in [2.75, 3.05) is 0 Å². The summed E-state index contributed by atoms with van der Waals surface area (Å²) in [6.45, 7) is 5.28. The van der Waals surface area contributed by atoms with Crippen molar-refractivity contribution in [1.29, 1.82) is 0 Å². The van der Waals surface area contributed by atoms with Gasteiger partial charge >= 0.3 is 12.0 Å². The van der Waals surface area contributed by atoms with E-state index < -0.39 is 24.1 Å². The Morgan fingerprint density at radius 3 is 2.37 bits per heavy atom. The molecular formula is C21H24N2O4. The van der Waals surface area contributed by atoms with E-state index in [-0.39, 0.29) is 12.2 Å². The Balaban J connectivity index is 2.07. The van der Waals surface area contributed by atoms with Crippen LogP contribution in [0, 0.1) is 13.8 Å². The number of nitrogens with two attached hydrogens (primary N) is 1. The van der Waals surface area contributed by atoms with E-state index in [0.717, 1.165) is 16.7 Å². The molecule has 0 fully saturated rings. The minimum absolute atomic E-state index is 0.128. The van der Waals surface area contributed by atoms with Crippen molar-refractivity contribution in [2.45, 2.75) is 39.3 Å². The summed E-state index contributed by atoms with van der Waals surface area (Å²) < 4.78 is 5.31. The molecule has 2 atom stereocenters. The molecule has 2 aromatic carbocycles. The summed E-state index contributed by atoms with van der Waals surface area (Å²) >= 11 is 0. The summed E-state index contributed by atoms with van der Waals surface area (Å²) in [5.74, 6) is -0.854. The van der Waals surface area contributed by atoms with E-state index in [1.807, 2.05) is 32.0 Å². The number of ether oxygens (including phenoxy) is 1. The Bertz CT molecular complexity index is 833. The van der Waals surface area contributed by atoms with Crippen LogP contribution in [0.1, 0.15) is 46.4 Å². The smallest absolute Gasteiger partial charge is 0.312 e. The van der Waals surface area contributed by atoms with Crippen LogP contribution in [0.25, 0.3) is 0 Å². The predicted octanol–water partition coefficient (Wildman–Crippen LogP) is 3.22. The van der Waals surface area contributed by atoms with Crippen LogP contribution in [0.3, 0.4) is 0 Å². The number of carbonyl (C=O) groups is 3. The van der Waals surface area contributed by atoms with Crippen LogP contribution in [-0.4, -0.2) is 23.9 Å². The first-order valence-corrected chi connectivity index (χ1v) is 8.69. The maximum absolute atomic E-state index is 12.6. The van der Waals surface area contributed by atoms with Gasteiger partial charge in [-0.3, -0.25) is 9.59 Å². The quantitative estimate of drug-likeness (QED) is 0.579. The molecular weight excluding hydrogens is 344 g/mol. The zero-order chi connectivity index (χ0) is 20.0. The van der Waals surface area contributed by atoms with Crippen LogP contribution in [0.5, 0.6) is 0 Å². The third-order valence-electron chi connectivity index (χ3n) is 4.23. The van der Waals surface area contributed by atoms with Crippen LogP contribution in [0.4, 0.5) is 4.79 Å². The molecule has 2 rings (SSSR count). The SMILES string of the molecule is Cc1ccc(C)c(C(=O)C(C)OC(=O)CC(NC(N)=O)c2ccccc2)c1. The molecule has 2 unspecified atom stereocenters. The molecule has 0 saturated carbocycles. The van der Waals surface area contributed by atoms with Gasteiger partial charge in [0, 0.05) is 5.56 Å². The van der Waals surface area contributed by atoms with E-state index in [4.69, 9.17) is 10.5 Å². The molecule has 0 aliphatic heterocycles. The second kappa shape index (κ2) is 8.98. The molecule has 0 aromatic heterocycles. The summed E-state index contributed by atoms with van der Waals surface area (Å²) in [6, 6.07) is 13.2. The number of ketones is 1. The minimum Gasteiger partial charge on any atom is -0.454 e. The number of esters is 1. The van der Waals surface area contributed by atoms with Crippen molar-refractivity contribution in [1.82, 2.24) is 5.32 Å². The first kappa shape index (κ1) is 20.2. The lowest BCUT2D eigenvalue weighted by molar-refractivity contribution is -0.146. The summed E-state index contributed by atoms with van der Waals surface area (Å²) in [4.78, 5) is 36.2. The summed E-state index contributed by atoms with van der Waals surface area (Å²) in [5, 5.41) is 2.53. The summed E-state index contributed by atoms with van der Waals surface area (Å²) in [7, 11) is 0. The number of benzene rings is 2. The van der Waals surface area contributed by atoms with Crippen LogP contribution in [0.2, 0.25) is 0 Å². The first-order valence-electron chi connectivity index (χ1n) is 8.69. The Labute approximate surface area is 158 Å². The van der Waals surface area contributed by atoms with Crippen LogP contribution >= 0.6 is 0 Å². The number of hydrogen-bond acceptors (Lipinski definition) is 4. The maximum atomic E-state index is 12.6. The van der Waals surface area contributed by atoms with E-state index in [2.05, 4.69) is 5.32 Å². The third kappa shape index (κ3) is 5.67. The van der Waals surface area contributed by atoms with Gasteiger partial charge in [0.05, 0.1) is 12.5 Å². The number of aryl methyl sites for hydroxylation is 2. The van der Waals surface area contributed by atoms with Crippen LogP contribution in [0.15, 0.2) is 48.5 Å². The summed E-state index contributed by atoms with van der Waals surface area (Å²) in [6.07, 6.45) is -1.06. The lowest BCUT2D eigenvalue weighted by Gasteiger charge is -2.19. The fourth-order valence-electron chi connectivity index (χ4n) is 2.80. The highest BCUT2D eigenvalue weighted by molar-refractivity contribution is 6.01. The van der Waals surface area contributed by atoms with Crippen molar-refractivity contribution in [2.24, 2.45) is 5.73 Å². The monoisotopic (exact) mass is 368 g/mol. The Morgan fingerprint density at radius 1 is 1.07 bits per heavy atom. The maximum Gasteiger partial charge on any atom is 0.312 e. The van der Waals surface area contributed by atoms with Gasteiger partial charge in [-0.2, -0.15) is 0 Å². The molecule has 0 radical (unpaired) electrons. The predicted molar refractivity (Wildman–Crippen MR) is 102 cm³/mol. The number of carbonyl (C=O) groups excluding carboxylic acids is 3. The average molecular weight is 368 g/mol. The molecule has 142 valence electrons. The molecule has 2 amide bonds. The second-order valence-corrected chi connectivity index (χ2v) is 6.49. The van der Waals surface area contributed by atoms with E-state index in [9.17, 15) is 14.4 Å². The molecule has 0 bridgehead atoms. The molecule has 2 aromatic rings. The molecule has 6 nitrogen and oxygen atoms in total. The second-order valence-electron chi connectivity index (χ2n) is 6.49. The van der Waals surface area contributed by atoms with Crippen LogP contribution in [-0.2, 0) is 9.53 Å². The zero-order valence-corrected chi connectivity index (χ0v) is 15.7. The molecule has 3 N–H and O–H groups in total. The minimum atomic E-state index is -0.928. The fraction of sp³-hybridized carbons (Fsp3) is 0.286. The van der Waals surface area contributed by atoms with Gasteiger partial charge in [0.1, 0.15) is 0 Å². The highest BCUT2D eigenvalue weighted by Crippen LogP contribution is 2.19. The zero-order valence-electron chi connectivity index (χ0n) is 15.7. The van der Waals surface area contributed by atoms with Gasteiger partial charge in [-0.25, -0.2) is 4.79 Å². The van der Waals surface area contributed by atoms with Crippen molar-refractivity contribution in [3.8, 4) is 0 Å². The molecule has 27 heavy (non-hydrogen) atoms. The van der Waals surface area contributed by atoms with Gasteiger partial charge in [-0.05, 0) is 38.0 Å². The molecule has 0 aliphatic rings. The fourth-order valence-corrected chi connectivity index (χ4v) is 2.80. The van der Waals surface area contributed by atoms with Gasteiger partial charge in [0.25, 0.3) is 0 Å². The number of hydrogen-bond donors (Lipinski definition) is 2. The topological polar surface area (TPSA) is 98.5 Å². The van der Waals surface area contributed by atoms with Gasteiger partial charge in [-0.1, -0.05) is 48.0 Å². The molecule has 0 aliphatic carbocycles. The number of nitrogens with one attached hydrogen (secondary N) is 1. The molecule has 0 saturated heterocycles. The molecule has 0 spiro atoms. The van der Waals surface area contributed by atoms with E-state index >= 15 is 0 Å². The van der Waals surface area contributed by atoms with E-state index in [1.54, 1.807) is 37.3 Å². The van der Waals surface area contributed by atoms with Gasteiger partial charge in [0.15, 0.2) is 6.10 Å². The highest BCUT2D eigenvalue weighted by Gasteiger charge is 2.24. The van der Waals surface area contributed by atoms with E-state index in [0.29, 0.717) is 5.56 Å². The van der Waals surface area contributed by atoms with Crippen LogP contribution < -0.4 is 11.1 Å². The average Bonchev–Trinajstić information content (AvgIpc) is 2.62. The number of urea groups is 1. The highest BCUT2D eigenvalue weighted by atomic mass is 16.5. The third-order valence-corrected chi connectivity index (χ3v) is 4.23. The number of rotatable bonds is 7. The lowest BCUT2D eigenvalue weighted by atomic mass is 9.99. The Kier molecular flexibility index (Phi) is 6.71. The van der Waals surface area contributed by atoms with Crippen molar-refractivity contribution < 1.29 is 19.1 Å². The lowest BCUT2D eigenvalue weighted by Crippen LogP contribution is -2.35. The van der Waals surface area contributed by atoms with Gasteiger partial charge in [-0.15, -0.1) is 0 Å². The van der Waals surface area contributed by atoms with Crippen molar-refractivity contribution in [3.63, 3.8) is 0 Å². The molecule has 6 heteroatoms. The summed E-state index contributed by atoms with van der Waals surface area (Å²) in [5.41, 5.74) is 8.24. The number of Topliss-reactive ketones (excluding diaryl/α,β-unsaturated/α-hetero) is 1. The van der Waals surface area contributed by atoms with Crippen molar-refractivity contribution >= 4 is 17.8 Å². The number of primary amides is 1. The number of amides is 2. The Hall–Kier alpha value is -3.15. The first-order chi connectivity index (χ1) is 12.8. The van der Waals surface area contributed by atoms with E-state index in [1.165, 1.54) is 0 Å². The largest absolute Gasteiger partial charge is 0.454 e. The van der Waals surface area contributed by atoms with Crippen molar-refractivity contribution in [3.05, 3.63) is 70.8 Å². The van der Waals surface area contributed by atoms with Gasteiger partial charge < -0.3 is 15.8 Å².